The molecule has 0 bridgehead atoms. The van der Waals surface area contributed by atoms with Gasteiger partial charge in [0, 0.05) is 37.8 Å². The largest absolute Gasteiger partial charge is 0.451 e. The van der Waals surface area contributed by atoms with Gasteiger partial charge in [-0.1, -0.05) is 0 Å². The lowest BCUT2D eigenvalue weighted by Gasteiger charge is -2.16. The van der Waals surface area contributed by atoms with Crippen LogP contribution in [0, 0.1) is 13.8 Å². The third-order valence-electron chi connectivity index (χ3n) is 4.94. The fraction of sp³-hybridized carbons (Fsp3) is 0.368. The number of carbonyl (C=O) groups is 1. The smallest absolute Gasteiger partial charge is 0.287 e. The fourth-order valence-corrected chi connectivity index (χ4v) is 3.36. The minimum atomic E-state index is -0.149. The van der Waals surface area contributed by atoms with Gasteiger partial charge in [0.25, 0.3) is 5.91 Å². The highest BCUT2D eigenvalue weighted by Gasteiger charge is 2.26. The molecule has 6 nitrogen and oxygen atoms in total. The highest BCUT2D eigenvalue weighted by Crippen LogP contribution is 2.24. The van der Waals surface area contributed by atoms with Crippen LogP contribution in [0.3, 0.4) is 0 Å². The maximum atomic E-state index is 12.5. The molecule has 1 N–H and O–H groups in total. The van der Waals surface area contributed by atoms with Crippen molar-refractivity contribution in [2.45, 2.75) is 26.3 Å². The van der Waals surface area contributed by atoms with E-state index in [0.717, 1.165) is 41.7 Å². The number of nitrogens with zero attached hydrogens (tertiary/aromatic N) is 3. The van der Waals surface area contributed by atoms with Crippen molar-refractivity contribution in [1.82, 2.24) is 15.1 Å². The average molecular weight is 338 g/mol. The van der Waals surface area contributed by atoms with Gasteiger partial charge in [0.1, 0.15) is 5.58 Å². The van der Waals surface area contributed by atoms with E-state index in [1.807, 2.05) is 38.5 Å². The van der Waals surface area contributed by atoms with Crippen molar-refractivity contribution >= 4 is 22.6 Å². The fourth-order valence-electron chi connectivity index (χ4n) is 3.36. The molecular formula is C19H22N4O2. The van der Waals surface area contributed by atoms with Crippen molar-refractivity contribution < 1.29 is 9.21 Å². The van der Waals surface area contributed by atoms with Crippen LogP contribution in [-0.4, -0.2) is 34.8 Å². The SMILES string of the molecule is Cc1cc2cc(C(=O)N[C@H]3CCN(c4cnn(C)c4)C3)oc2cc1C. The van der Waals surface area contributed by atoms with Crippen LogP contribution >= 0.6 is 0 Å². The number of furan rings is 1. The third-order valence-corrected chi connectivity index (χ3v) is 4.94. The van der Waals surface area contributed by atoms with Gasteiger partial charge in [0.15, 0.2) is 5.76 Å². The van der Waals surface area contributed by atoms with Crippen LogP contribution in [0.1, 0.15) is 28.1 Å². The number of aromatic nitrogens is 2. The Morgan fingerprint density at radius 3 is 2.84 bits per heavy atom. The molecule has 25 heavy (non-hydrogen) atoms. The molecule has 1 aliphatic rings. The first-order valence-electron chi connectivity index (χ1n) is 8.55. The normalized spacial score (nSPS) is 17.4. The van der Waals surface area contributed by atoms with Gasteiger partial charge >= 0.3 is 0 Å². The second-order valence-electron chi connectivity index (χ2n) is 6.86. The number of nitrogens with one attached hydrogen (secondary N) is 1. The van der Waals surface area contributed by atoms with E-state index in [-0.39, 0.29) is 11.9 Å². The summed E-state index contributed by atoms with van der Waals surface area (Å²) < 4.78 is 7.54. The van der Waals surface area contributed by atoms with Gasteiger partial charge in [-0.2, -0.15) is 5.10 Å². The zero-order valence-corrected chi connectivity index (χ0v) is 14.7. The Bertz CT molecular complexity index is 901. The quantitative estimate of drug-likeness (QED) is 0.798. The molecular weight excluding hydrogens is 316 g/mol. The van der Waals surface area contributed by atoms with Crippen LogP contribution in [0.4, 0.5) is 5.69 Å². The summed E-state index contributed by atoms with van der Waals surface area (Å²) in [5, 5.41) is 8.27. The Hall–Kier alpha value is -2.76. The highest BCUT2D eigenvalue weighted by atomic mass is 16.3. The van der Waals surface area contributed by atoms with E-state index in [9.17, 15) is 4.79 Å². The minimum Gasteiger partial charge on any atom is -0.451 e. The molecule has 1 aromatic carbocycles. The molecule has 1 saturated heterocycles. The monoisotopic (exact) mass is 338 g/mol. The number of rotatable bonds is 3. The van der Waals surface area contributed by atoms with Crippen LogP contribution in [0.15, 0.2) is 35.0 Å². The maximum absolute atomic E-state index is 12.5. The number of benzene rings is 1. The predicted octanol–water partition coefficient (Wildman–Crippen LogP) is 2.79. The summed E-state index contributed by atoms with van der Waals surface area (Å²) in [4.78, 5) is 14.8. The average Bonchev–Trinajstić information content (AvgIpc) is 3.27. The summed E-state index contributed by atoms with van der Waals surface area (Å²) >= 11 is 0. The number of fused-ring (bicyclic) bond motifs is 1. The first-order chi connectivity index (χ1) is 12.0. The number of carbonyl (C=O) groups excluding carboxylic acids is 1. The Kier molecular flexibility index (Phi) is 3.75. The van der Waals surface area contributed by atoms with Gasteiger partial charge < -0.3 is 14.6 Å². The van der Waals surface area contributed by atoms with Crippen LogP contribution in [-0.2, 0) is 7.05 Å². The van der Waals surface area contributed by atoms with Crippen molar-refractivity contribution in [2.24, 2.45) is 7.05 Å². The Labute approximate surface area is 146 Å². The van der Waals surface area contributed by atoms with Gasteiger partial charge in [-0.3, -0.25) is 9.48 Å². The summed E-state index contributed by atoms with van der Waals surface area (Å²) in [6.45, 7) is 5.81. The molecule has 0 unspecified atom stereocenters. The van der Waals surface area contributed by atoms with Crippen molar-refractivity contribution in [3.8, 4) is 0 Å². The molecule has 1 aliphatic heterocycles. The number of hydrogen-bond donors (Lipinski definition) is 1. The van der Waals surface area contributed by atoms with Crippen molar-refractivity contribution in [1.29, 1.82) is 0 Å². The van der Waals surface area contributed by atoms with Crippen molar-refractivity contribution in [3.05, 3.63) is 47.5 Å². The summed E-state index contributed by atoms with van der Waals surface area (Å²) in [5.41, 5.74) is 4.21. The maximum Gasteiger partial charge on any atom is 0.287 e. The number of hydrogen-bond acceptors (Lipinski definition) is 4. The predicted molar refractivity (Wildman–Crippen MR) is 97.0 cm³/mol. The Morgan fingerprint density at radius 2 is 2.08 bits per heavy atom. The topological polar surface area (TPSA) is 63.3 Å². The van der Waals surface area contributed by atoms with E-state index in [2.05, 4.69) is 28.3 Å². The molecule has 3 heterocycles. The zero-order valence-electron chi connectivity index (χ0n) is 14.7. The summed E-state index contributed by atoms with van der Waals surface area (Å²) in [7, 11) is 1.91. The molecule has 4 rings (SSSR count). The molecule has 1 atom stereocenters. The van der Waals surface area contributed by atoms with Crippen molar-refractivity contribution in [3.63, 3.8) is 0 Å². The molecule has 1 fully saturated rings. The Morgan fingerprint density at radius 1 is 1.28 bits per heavy atom. The lowest BCUT2D eigenvalue weighted by atomic mass is 10.1. The van der Waals surface area contributed by atoms with Gasteiger partial charge in [0.05, 0.1) is 11.9 Å². The van der Waals surface area contributed by atoms with E-state index in [4.69, 9.17) is 4.42 Å². The minimum absolute atomic E-state index is 0.115. The summed E-state index contributed by atoms with van der Waals surface area (Å²) in [5.74, 6) is 0.226. The van der Waals surface area contributed by atoms with Crippen LogP contribution in [0.5, 0.6) is 0 Å². The van der Waals surface area contributed by atoms with E-state index in [0.29, 0.717) is 5.76 Å². The van der Waals surface area contributed by atoms with E-state index >= 15 is 0 Å². The molecule has 130 valence electrons. The summed E-state index contributed by atoms with van der Waals surface area (Å²) in [6, 6.07) is 5.99. The zero-order chi connectivity index (χ0) is 17.6. The third kappa shape index (κ3) is 2.99. The lowest BCUT2D eigenvalue weighted by molar-refractivity contribution is 0.0914. The summed E-state index contributed by atoms with van der Waals surface area (Å²) in [6.07, 6.45) is 4.77. The van der Waals surface area contributed by atoms with Crippen molar-refractivity contribution in [2.75, 3.05) is 18.0 Å². The standard InChI is InChI=1S/C19H22N4O2/c1-12-6-14-8-18(25-17(14)7-13(12)2)19(24)21-15-4-5-23(10-15)16-9-20-22(3)11-16/h6-9,11,15H,4-5,10H2,1-3H3,(H,21,24)/t15-/m0/s1. The van der Waals surface area contributed by atoms with Gasteiger partial charge in [0.2, 0.25) is 0 Å². The first kappa shape index (κ1) is 15.7. The molecule has 2 aromatic heterocycles. The molecule has 0 aliphatic carbocycles. The molecule has 0 spiro atoms. The second kappa shape index (κ2) is 5.95. The Balaban J connectivity index is 1.45. The molecule has 1 amide bonds. The van der Waals surface area contributed by atoms with Gasteiger partial charge in [-0.15, -0.1) is 0 Å². The number of amides is 1. The molecule has 0 saturated carbocycles. The molecule has 3 aromatic rings. The highest BCUT2D eigenvalue weighted by molar-refractivity contribution is 5.96. The molecule has 6 heteroatoms. The van der Waals surface area contributed by atoms with Crippen LogP contribution in [0.2, 0.25) is 0 Å². The first-order valence-corrected chi connectivity index (χ1v) is 8.55. The van der Waals surface area contributed by atoms with Crippen LogP contribution in [0.25, 0.3) is 11.0 Å². The number of aryl methyl sites for hydroxylation is 3. The van der Waals surface area contributed by atoms with E-state index in [1.165, 1.54) is 5.56 Å². The van der Waals surface area contributed by atoms with Gasteiger partial charge in [-0.25, -0.2) is 0 Å². The lowest BCUT2D eigenvalue weighted by Crippen LogP contribution is -2.36. The van der Waals surface area contributed by atoms with E-state index in [1.54, 1.807) is 4.68 Å². The van der Waals surface area contributed by atoms with Gasteiger partial charge in [-0.05, 0) is 49.6 Å². The van der Waals surface area contributed by atoms with Crippen LogP contribution < -0.4 is 10.2 Å². The number of anilines is 1. The second-order valence-corrected chi connectivity index (χ2v) is 6.86. The van der Waals surface area contributed by atoms with E-state index < -0.39 is 0 Å². The molecule has 0 radical (unpaired) electrons.